The van der Waals surface area contributed by atoms with Gasteiger partial charge in [-0.2, -0.15) is 0 Å². The van der Waals surface area contributed by atoms with Gasteiger partial charge in [0, 0.05) is 16.9 Å². The lowest BCUT2D eigenvalue weighted by Crippen LogP contribution is -1.97. The Balaban J connectivity index is 1.96. The predicted octanol–water partition coefficient (Wildman–Crippen LogP) is 4.68. The number of thiophene rings is 1. The fourth-order valence-corrected chi connectivity index (χ4v) is 2.92. The van der Waals surface area contributed by atoms with Crippen LogP contribution in [0.4, 0.5) is 0 Å². The number of ketones is 1. The molecule has 0 saturated carbocycles. The zero-order valence-corrected chi connectivity index (χ0v) is 12.4. The zero-order valence-electron chi connectivity index (χ0n) is 9.98. The second-order valence-corrected chi connectivity index (χ2v) is 6.34. The molecule has 0 aliphatic heterocycles. The summed E-state index contributed by atoms with van der Waals surface area (Å²) in [4.78, 5) is 12.6. The predicted molar refractivity (Wildman–Crippen MR) is 77.4 cm³/mol. The van der Waals surface area contributed by atoms with Gasteiger partial charge in [0.2, 0.25) is 0 Å². The minimum absolute atomic E-state index is 0.156. The lowest BCUT2D eigenvalue weighted by Gasteiger charge is -2.05. The number of carbonyl (C=O) groups is 1. The molecule has 94 valence electrons. The highest BCUT2D eigenvalue weighted by Crippen LogP contribution is 2.23. The maximum Gasteiger partial charge on any atom is 0.162 e. The van der Waals surface area contributed by atoms with Crippen molar-refractivity contribution >= 4 is 33.0 Å². The highest BCUT2D eigenvalue weighted by Gasteiger charge is 2.03. The fraction of sp³-hybridized carbons (Fsp3) is 0.214. The van der Waals surface area contributed by atoms with E-state index in [9.17, 15) is 4.79 Å². The molecule has 0 aliphatic carbocycles. The van der Waals surface area contributed by atoms with Gasteiger partial charge in [0.15, 0.2) is 5.78 Å². The van der Waals surface area contributed by atoms with Crippen molar-refractivity contribution in [1.29, 1.82) is 0 Å². The average Bonchev–Trinajstić information content (AvgIpc) is 2.82. The Labute approximate surface area is 119 Å². The van der Waals surface area contributed by atoms with Gasteiger partial charge in [0.05, 0.1) is 3.79 Å². The number of Topliss-reactive ketones (excluding diaryl/α,β-unsaturated/α-hetero) is 1. The molecule has 0 fully saturated rings. The summed E-state index contributed by atoms with van der Waals surface area (Å²) in [5.74, 6) is 0.941. The second kappa shape index (κ2) is 6.16. The molecule has 2 rings (SSSR count). The van der Waals surface area contributed by atoms with Gasteiger partial charge in [-0.05, 0) is 52.3 Å². The third-order valence-corrected chi connectivity index (χ3v) is 4.10. The first kappa shape index (κ1) is 13.3. The van der Waals surface area contributed by atoms with Gasteiger partial charge in [-0.3, -0.25) is 4.79 Å². The smallest absolute Gasteiger partial charge is 0.162 e. The first-order valence-corrected chi connectivity index (χ1v) is 7.30. The first-order chi connectivity index (χ1) is 8.69. The minimum Gasteiger partial charge on any atom is -0.488 e. The van der Waals surface area contributed by atoms with E-state index in [0.717, 1.165) is 20.0 Å². The lowest BCUT2D eigenvalue weighted by atomic mass is 10.1. The number of carbonyl (C=O) groups excluding carboxylic acids is 1. The molecule has 0 N–H and O–H groups in total. The molecule has 1 heterocycles. The summed E-state index contributed by atoms with van der Waals surface area (Å²) in [5, 5.41) is 0. The van der Waals surface area contributed by atoms with E-state index in [1.165, 1.54) is 0 Å². The monoisotopic (exact) mass is 324 g/mol. The summed E-state index contributed by atoms with van der Waals surface area (Å²) in [5.41, 5.74) is 0.740. The van der Waals surface area contributed by atoms with Crippen LogP contribution in [0.15, 0.2) is 40.2 Å². The summed E-state index contributed by atoms with van der Waals surface area (Å²) >= 11 is 5.07. The number of ether oxygens (including phenoxy) is 1. The summed E-state index contributed by atoms with van der Waals surface area (Å²) < 4.78 is 6.75. The molecule has 2 nitrogen and oxygen atoms in total. The van der Waals surface area contributed by atoms with Gasteiger partial charge >= 0.3 is 0 Å². The molecule has 0 saturated heterocycles. The van der Waals surface area contributed by atoms with E-state index in [1.807, 2.05) is 43.3 Å². The summed E-state index contributed by atoms with van der Waals surface area (Å²) in [6.45, 7) is 2.42. The Morgan fingerprint density at radius 2 is 1.94 bits per heavy atom. The lowest BCUT2D eigenvalue weighted by molar-refractivity contribution is 0.0988. The third kappa shape index (κ3) is 3.43. The summed E-state index contributed by atoms with van der Waals surface area (Å²) in [7, 11) is 0. The van der Waals surface area contributed by atoms with E-state index in [0.29, 0.717) is 13.0 Å². The van der Waals surface area contributed by atoms with Gasteiger partial charge in [0.25, 0.3) is 0 Å². The fourth-order valence-electron chi connectivity index (χ4n) is 1.52. The van der Waals surface area contributed by atoms with Gasteiger partial charge in [0.1, 0.15) is 12.4 Å². The van der Waals surface area contributed by atoms with Crippen molar-refractivity contribution in [2.45, 2.75) is 20.0 Å². The number of halogens is 1. The molecular weight excluding hydrogens is 312 g/mol. The molecule has 1 aromatic carbocycles. The van der Waals surface area contributed by atoms with Crippen LogP contribution in [0.2, 0.25) is 0 Å². The van der Waals surface area contributed by atoms with Crippen LogP contribution in [0.25, 0.3) is 0 Å². The van der Waals surface area contributed by atoms with Crippen molar-refractivity contribution < 1.29 is 9.53 Å². The van der Waals surface area contributed by atoms with E-state index in [4.69, 9.17) is 4.74 Å². The molecule has 1 aromatic heterocycles. The van der Waals surface area contributed by atoms with E-state index < -0.39 is 0 Å². The quantitative estimate of drug-likeness (QED) is 0.746. The highest BCUT2D eigenvalue weighted by atomic mass is 79.9. The zero-order chi connectivity index (χ0) is 13.0. The van der Waals surface area contributed by atoms with Crippen LogP contribution in [0, 0.1) is 0 Å². The molecular formula is C14H13BrO2S. The Hall–Kier alpha value is -1.13. The van der Waals surface area contributed by atoms with Crippen LogP contribution in [0.5, 0.6) is 5.75 Å². The van der Waals surface area contributed by atoms with Gasteiger partial charge < -0.3 is 4.74 Å². The van der Waals surface area contributed by atoms with Crippen LogP contribution in [0.3, 0.4) is 0 Å². The van der Waals surface area contributed by atoms with Crippen LogP contribution in [-0.2, 0) is 6.61 Å². The van der Waals surface area contributed by atoms with Crippen molar-refractivity contribution in [3.05, 3.63) is 50.6 Å². The molecule has 0 amide bonds. The van der Waals surface area contributed by atoms with Crippen LogP contribution >= 0.6 is 27.3 Å². The molecule has 0 bridgehead atoms. The van der Waals surface area contributed by atoms with E-state index in [1.54, 1.807) is 11.3 Å². The van der Waals surface area contributed by atoms with Crippen molar-refractivity contribution in [3.8, 4) is 5.75 Å². The Morgan fingerprint density at radius 3 is 2.50 bits per heavy atom. The van der Waals surface area contributed by atoms with Crippen molar-refractivity contribution in [2.24, 2.45) is 0 Å². The van der Waals surface area contributed by atoms with Crippen LogP contribution in [0.1, 0.15) is 28.6 Å². The first-order valence-electron chi connectivity index (χ1n) is 5.69. The van der Waals surface area contributed by atoms with E-state index in [-0.39, 0.29) is 5.78 Å². The minimum atomic E-state index is 0.156. The van der Waals surface area contributed by atoms with Crippen molar-refractivity contribution in [3.63, 3.8) is 0 Å². The molecule has 0 spiro atoms. The number of rotatable bonds is 5. The molecule has 18 heavy (non-hydrogen) atoms. The molecule has 0 atom stereocenters. The van der Waals surface area contributed by atoms with Crippen molar-refractivity contribution in [1.82, 2.24) is 0 Å². The van der Waals surface area contributed by atoms with Crippen LogP contribution in [-0.4, -0.2) is 5.78 Å². The number of hydrogen-bond donors (Lipinski definition) is 0. The molecule has 0 unspecified atom stereocenters. The van der Waals surface area contributed by atoms with Gasteiger partial charge in [-0.1, -0.05) is 6.92 Å². The largest absolute Gasteiger partial charge is 0.488 e. The molecule has 2 aromatic rings. The highest BCUT2D eigenvalue weighted by molar-refractivity contribution is 9.11. The Bertz CT molecular complexity index is 531. The second-order valence-electron chi connectivity index (χ2n) is 3.80. The van der Waals surface area contributed by atoms with Gasteiger partial charge in [-0.15, -0.1) is 11.3 Å². The summed E-state index contributed by atoms with van der Waals surface area (Å²) in [6.07, 6.45) is 0.531. The van der Waals surface area contributed by atoms with Crippen LogP contribution < -0.4 is 4.74 Å². The normalized spacial score (nSPS) is 10.3. The van der Waals surface area contributed by atoms with E-state index in [2.05, 4.69) is 15.9 Å². The molecule has 0 radical (unpaired) electrons. The van der Waals surface area contributed by atoms with Gasteiger partial charge in [-0.25, -0.2) is 0 Å². The topological polar surface area (TPSA) is 26.3 Å². The maximum atomic E-state index is 11.5. The average molecular weight is 325 g/mol. The van der Waals surface area contributed by atoms with E-state index >= 15 is 0 Å². The SMILES string of the molecule is CCC(=O)c1ccc(OCc2ccc(Br)s2)cc1. The number of hydrogen-bond acceptors (Lipinski definition) is 3. The molecule has 0 aliphatic rings. The third-order valence-electron chi connectivity index (χ3n) is 2.51. The standard InChI is InChI=1S/C14H13BrO2S/c1-2-13(16)10-3-5-11(6-4-10)17-9-12-7-8-14(15)18-12/h3-8H,2,9H2,1H3. The Kier molecular flexibility index (Phi) is 4.55. The Morgan fingerprint density at radius 1 is 1.22 bits per heavy atom. The van der Waals surface area contributed by atoms with Crippen molar-refractivity contribution in [2.75, 3.05) is 0 Å². The number of benzene rings is 1. The maximum absolute atomic E-state index is 11.5. The molecule has 4 heteroatoms. The summed E-state index contributed by atoms with van der Waals surface area (Å²) in [6, 6.07) is 11.3.